The van der Waals surface area contributed by atoms with E-state index in [1.807, 2.05) is 22.7 Å². The Labute approximate surface area is 532 Å². The fourth-order valence-electron chi connectivity index (χ4n) is 15.8. The highest BCUT2D eigenvalue weighted by atomic mass is 32.1. The number of anilines is 6. The van der Waals surface area contributed by atoms with Crippen LogP contribution in [0, 0.1) is 13.8 Å². The van der Waals surface area contributed by atoms with Gasteiger partial charge in [-0.25, -0.2) is 0 Å². The number of nitrogens with zero attached hydrogens (tertiary/aromatic N) is 2. The molecule has 16 aromatic rings. The van der Waals surface area contributed by atoms with Gasteiger partial charge in [0.2, 0.25) is 0 Å². The molecule has 0 atom stereocenters. The van der Waals surface area contributed by atoms with Crippen LogP contribution in [0.15, 0.2) is 315 Å². The summed E-state index contributed by atoms with van der Waals surface area (Å²) in [5.74, 6) is 0. The zero-order valence-corrected chi connectivity index (χ0v) is 51.4. The van der Waals surface area contributed by atoms with Gasteiger partial charge in [0.1, 0.15) is 0 Å². The fraction of sp³-hybridized carbons (Fsp3) is 0.0465. The maximum atomic E-state index is 2.46. The van der Waals surface area contributed by atoms with Crippen LogP contribution >= 0.6 is 22.7 Å². The third-order valence-corrected chi connectivity index (χ3v) is 21.7. The number of fused-ring (bicyclic) bond motifs is 15. The molecule has 2 nitrogen and oxygen atoms in total. The Balaban J connectivity index is 0.759. The molecule has 0 radical (unpaired) electrons. The molecule has 0 aliphatic heterocycles. The average molecular weight is 1180 g/mol. The van der Waals surface area contributed by atoms with Crippen molar-refractivity contribution in [3.05, 3.63) is 371 Å². The maximum absolute atomic E-state index is 2.46. The molecule has 0 spiro atoms. The molecule has 90 heavy (non-hydrogen) atoms. The van der Waals surface area contributed by atoms with Crippen molar-refractivity contribution >= 4 is 108 Å². The highest BCUT2D eigenvalue weighted by Crippen LogP contribution is 2.59. The quantitative estimate of drug-likeness (QED) is 0.135. The molecule has 0 saturated carbocycles. The Morgan fingerprint density at radius 3 is 0.922 bits per heavy atom. The zero-order chi connectivity index (χ0) is 59.7. The van der Waals surface area contributed by atoms with Gasteiger partial charge in [-0.3, -0.25) is 0 Å². The van der Waals surface area contributed by atoms with E-state index in [2.05, 4.69) is 339 Å². The lowest BCUT2D eigenvalue weighted by molar-refractivity contribution is 0.768. The first-order chi connectivity index (χ1) is 44.4. The Kier molecular flexibility index (Phi) is 11.9. The first-order valence-electron chi connectivity index (χ1n) is 31.1. The van der Waals surface area contributed by atoms with E-state index in [0.717, 1.165) is 34.1 Å². The standard InChI is InChI=1S/C86H58N2S2/c1-55-21-17-29-61(49-55)87(63-31-19-27-59(51-63)85(57-23-5-3-6-24-57)75-37-13-9-33-67(75)68-34-10-14-38-76(68)85)65-41-43-73-81(53-65)89-79-47-45-72-71(83(73)79)46-48-80-84(72)74-44-42-66(54-82(74)90-80)88(62-30-18-22-56(2)50-62)64-32-20-28-60(52-64)86(58-25-7-4-8-26-58)77-39-15-11-35-69(77)70-36-12-16-40-78(70)86/h3-54H,1-2H3. The van der Waals surface area contributed by atoms with E-state index in [-0.39, 0.29) is 0 Å². The average Bonchev–Trinajstić information content (AvgIpc) is 1.55. The summed E-state index contributed by atoms with van der Waals surface area (Å²) in [4.78, 5) is 4.93. The van der Waals surface area contributed by atoms with Crippen molar-refractivity contribution < 1.29 is 0 Å². The van der Waals surface area contributed by atoms with Gasteiger partial charge in [-0.15, -0.1) is 22.7 Å². The molecule has 14 aromatic carbocycles. The molecule has 2 aliphatic carbocycles. The lowest BCUT2D eigenvalue weighted by atomic mass is 9.67. The predicted octanol–water partition coefficient (Wildman–Crippen LogP) is 23.9. The number of hydrogen-bond acceptors (Lipinski definition) is 4. The number of benzene rings is 14. The molecule has 0 unspecified atom stereocenters. The third kappa shape index (κ3) is 7.75. The summed E-state index contributed by atoms with van der Waals surface area (Å²) in [6.07, 6.45) is 0. The summed E-state index contributed by atoms with van der Waals surface area (Å²) < 4.78 is 5.11. The van der Waals surface area contributed by atoms with Crippen molar-refractivity contribution in [1.29, 1.82) is 0 Å². The number of hydrogen-bond donors (Lipinski definition) is 0. The number of thiophene rings is 2. The zero-order valence-electron chi connectivity index (χ0n) is 49.7. The molecule has 0 bridgehead atoms. The lowest BCUT2D eigenvalue weighted by Gasteiger charge is -2.35. The van der Waals surface area contributed by atoms with Gasteiger partial charge in [0.05, 0.1) is 10.8 Å². The van der Waals surface area contributed by atoms with Crippen LogP contribution in [-0.4, -0.2) is 0 Å². The van der Waals surface area contributed by atoms with Gasteiger partial charge in [-0.1, -0.05) is 231 Å². The van der Waals surface area contributed by atoms with E-state index in [1.54, 1.807) is 0 Å². The molecule has 2 heterocycles. The third-order valence-electron chi connectivity index (χ3n) is 19.5. The molecule has 0 fully saturated rings. The van der Waals surface area contributed by atoms with Gasteiger partial charge in [0.15, 0.2) is 0 Å². The minimum atomic E-state index is -0.514. The largest absolute Gasteiger partial charge is 0.310 e. The summed E-state index contributed by atoms with van der Waals surface area (Å²) in [5.41, 5.74) is 23.5. The minimum Gasteiger partial charge on any atom is -0.310 e. The van der Waals surface area contributed by atoms with E-state index in [0.29, 0.717) is 0 Å². The Hall–Kier alpha value is -10.6. The van der Waals surface area contributed by atoms with Crippen LogP contribution in [0.25, 0.3) is 73.4 Å². The second-order valence-corrected chi connectivity index (χ2v) is 26.6. The van der Waals surface area contributed by atoms with Gasteiger partial charge in [-0.2, -0.15) is 0 Å². The summed E-state index contributed by atoms with van der Waals surface area (Å²) in [6, 6.07) is 119. The maximum Gasteiger partial charge on any atom is 0.0714 e. The Bertz CT molecular complexity index is 5120. The fourth-order valence-corrected chi connectivity index (χ4v) is 18.1. The van der Waals surface area contributed by atoms with Crippen LogP contribution in [0.4, 0.5) is 34.1 Å². The molecule has 18 rings (SSSR count). The highest BCUT2D eigenvalue weighted by Gasteiger charge is 2.47. The van der Waals surface area contributed by atoms with Gasteiger partial charge in [0, 0.05) is 74.5 Å². The molecule has 0 amide bonds. The van der Waals surface area contributed by atoms with Crippen LogP contribution < -0.4 is 9.80 Å². The van der Waals surface area contributed by atoms with Crippen LogP contribution in [0.5, 0.6) is 0 Å². The van der Waals surface area contributed by atoms with Gasteiger partial charge < -0.3 is 9.80 Å². The Morgan fingerprint density at radius 1 is 0.233 bits per heavy atom. The van der Waals surface area contributed by atoms with Crippen LogP contribution in [0.3, 0.4) is 0 Å². The number of aryl methyl sites for hydroxylation is 2. The second-order valence-electron chi connectivity index (χ2n) is 24.4. The smallest absolute Gasteiger partial charge is 0.0714 e. The molecule has 4 heteroatoms. The summed E-state index contributed by atoms with van der Waals surface area (Å²) >= 11 is 3.78. The van der Waals surface area contributed by atoms with E-state index in [1.165, 1.54) is 129 Å². The molecular formula is C86H58N2S2. The number of rotatable bonds is 10. The summed E-state index contributed by atoms with van der Waals surface area (Å²) in [7, 11) is 0. The van der Waals surface area contributed by atoms with E-state index in [4.69, 9.17) is 0 Å². The topological polar surface area (TPSA) is 6.48 Å². The van der Waals surface area contributed by atoms with Gasteiger partial charge in [-0.05, 0) is 187 Å². The molecule has 2 aliphatic rings. The van der Waals surface area contributed by atoms with Crippen LogP contribution in [-0.2, 0) is 10.8 Å². The van der Waals surface area contributed by atoms with E-state index in [9.17, 15) is 0 Å². The SMILES string of the molecule is Cc1cccc(N(c2cccc(C3(c4ccccc4)c4ccccc4-c4ccccc43)c2)c2ccc3c(c2)sc2ccc4c(ccc5sc6cc(N(c7cccc(C)c7)c7cccc(C8(c9ccccc9)c9ccccc9-c9ccccc98)c7)ccc6c54)c23)c1. The highest BCUT2D eigenvalue weighted by molar-refractivity contribution is 7.26. The lowest BCUT2D eigenvalue weighted by Crippen LogP contribution is -2.28. The van der Waals surface area contributed by atoms with Crippen LogP contribution in [0.1, 0.15) is 55.6 Å². The molecule has 424 valence electrons. The van der Waals surface area contributed by atoms with Crippen molar-refractivity contribution in [3.8, 4) is 22.3 Å². The summed E-state index contributed by atoms with van der Waals surface area (Å²) in [6.45, 7) is 4.38. The van der Waals surface area contributed by atoms with Crippen LogP contribution in [0.2, 0.25) is 0 Å². The monoisotopic (exact) mass is 1180 g/mol. The van der Waals surface area contributed by atoms with Crippen molar-refractivity contribution in [3.63, 3.8) is 0 Å². The van der Waals surface area contributed by atoms with Gasteiger partial charge in [0.25, 0.3) is 0 Å². The molecule has 0 saturated heterocycles. The molecule has 0 N–H and O–H groups in total. The predicted molar refractivity (Wildman–Crippen MR) is 383 cm³/mol. The van der Waals surface area contributed by atoms with Gasteiger partial charge >= 0.3 is 0 Å². The first-order valence-corrected chi connectivity index (χ1v) is 32.8. The molecular weight excluding hydrogens is 1130 g/mol. The normalized spacial score (nSPS) is 13.4. The van der Waals surface area contributed by atoms with Crippen molar-refractivity contribution in [2.45, 2.75) is 24.7 Å². The van der Waals surface area contributed by atoms with Crippen molar-refractivity contribution in [2.24, 2.45) is 0 Å². The first kappa shape index (κ1) is 52.5. The Morgan fingerprint density at radius 2 is 0.544 bits per heavy atom. The second kappa shape index (κ2) is 20.5. The van der Waals surface area contributed by atoms with E-state index >= 15 is 0 Å². The summed E-state index contributed by atoms with van der Waals surface area (Å²) in [5, 5.41) is 7.76. The van der Waals surface area contributed by atoms with Crippen molar-refractivity contribution in [2.75, 3.05) is 9.80 Å². The minimum absolute atomic E-state index is 0.514. The van der Waals surface area contributed by atoms with Crippen molar-refractivity contribution in [1.82, 2.24) is 0 Å². The molecule has 2 aromatic heterocycles. The van der Waals surface area contributed by atoms with E-state index < -0.39 is 10.8 Å².